The van der Waals surface area contributed by atoms with Crippen LogP contribution in [-0.2, 0) is 14.3 Å². The van der Waals surface area contributed by atoms with Crippen LogP contribution in [0.4, 0.5) is 4.79 Å². The Bertz CT molecular complexity index is 1060. The Kier molecular flexibility index (Phi) is 6.02. The number of carbonyl (C=O) groups excluding carboxylic acids is 2. The number of rotatable bonds is 10. The van der Waals surface area contributed by atoms with Crippen LogP contribution < -0.4 is 10.6 Å². The third-order valence-electron chi connectivity index (χ3n) is 7.55. The van der Waals surface area contributed by atoms with Crippen molar-refractivity contribution in [2.24, 2.45) is 11.3 Å². The summed E-state index contributed by atoms with van der Waals surface area (Å²) < 4.78 is 5.56. The van der Waals surface area contributed by atoms with Crippen LogP contribution in [0.5, 0.6) is 0 Å². The Morgan fingerprint density at radius 2 is 1.62 bits per heavy atom. The van der Waals surface area contributed by atoms with Crippen LogP contribution in [0.15, 0.2) is 48.5 Å². The average molecular weight is 463 g/mol. The first-order chi connectivity index (χ1) is 16.5. The Hall–Kier alpha value is -3.35. The molecule has 2 aromatic rings. The van der Waals surface area contributed by atoms with Crippen LogP contribution in [0.1, 0.15) is 55.6 Å². The van der Waals surface area contributed by atoms with E-state index in [-0.39, 0.29) is 36.7 Å². The van der Waals surface area contributed by atoms with E-state index in [1.807, 2.05) is 36.4 Å². The number of hydrogen-bond acceptors (Lipinski definition) is 4. The van der Waals surface area contributed by atoms with Crippen LogP contribution in [0.3, 0.4) is 0 Å². The summed E-state index contributed by atoms with van der Waals surface area (Å²) in [5.41, 5.74) is 4.69. The summed E-state index contributed by atoms with van der Waals surface area (Å²) in [4.78, 5) is 36.6. The third-order valence-corrected chi connectivity index (χ3v) is 7.55. The van der Waals surface area contributed by atoms with Gasteiger partial charge in [0, 0.05) is 18.9 Å². The van der Waals surface area contributed by atoms with Gasteiger partial charge in [0.25, 0.3) is 0 Å². The fourth-order valence-corrected chi connectivity index (χ4v) is 5.29. The smallest absolute Gasteiger partial charge is 0.407 e. The molecule has 0 heterocycles. The van der Waals surface area contributed by atoms with E-state index >= 15 is 0 Å². The van der Waals surface area contributed by atoms with Crippen LogP contribution >= 0.6 is 0 Å². The SMILES string of the molecule is O=C(O)CCC(NC(=O)OCC1c2ccccc2-c2ccccc21)C(=O)NCC1(C2CC2)CC1. The first kappa shape index (κ1) is 22.4. The van der Waals surface area contributed by atoms with Crippen LogP contribution in [0, 0.1) is 11.3 Å². The Morgan fingerprint density at radius 1 is 1.00 bits per heavy atom. The standard InChI is InChI=1S/C27H30N2O5/c30-24(31)12-11-23(25(32)28-16-27(13-14-27)17-9-10-17)29-26(33)34-15-22-20-7-3-1-5-18(20)19-6-2-4-8-21(19)22/h1-8,17,22-23H,9-16H2,(H,28,32)(H,29,33)(H,30,31). The number of fused-ring (bicyclic) bond motifs is 3. The first-order valence-electron chi connectivity index (χ1n) is 12.1. The van der Waals surface area contributed by atoms with Gasteiger partial charge in [-0.3, -0.25) is 9.59 Å². The molecule has 0 radical (unpaired) electrons. The highest BCUT2D eigenvalue weighted by atomic mass is 16.5. The van der Waals surface area contributed by atoms with Crippen molar-refractivity contribution in [3.63, 3.8) is 0 Å². The highest BCUT2D eigenvalue weighted by Crippen LogP contribution is 2.60. The lowest BCUT2D eigenvalue weighted by Gasteiger charge is -2.21. The number of amides is 2. The van der Waals surface area contributed by atoms with Gasteiger partial charge >= 0.3 is 12.1 Å². The van der Waals surface area contributed by atoms with Gasteiger partial charge < -0.3 is 20.5 Å². The molecule has 2 fully saturated rings. The van der Waals surface area contributed by atoms with Crippen LogP contribution in [-0.4, -0.2) is 42.3 Å². The number of carbonyl (C=O) groups is 3. The van der Waals surface area contributed by atoms with E-state index in [2.05, 4.69) is 22.8 Å². The zero-order valence-electron chi connectivity index (χ0n) is 19.1. The maximum Gasteiger partial charge on any atom is 0.407 e. The van der Waals surface area contributed by atoms with Crippen molar-refractivity contribution in [1.82, 2.24) is 10.6 Å². The molecule has 3 aliphatic rings. The third kappa shape index (κ3) is 4.65. The topological polar surface area (TPSA) is 105 Å². The molecule has 0 saturated heterocycles. The number of alkyl carbamates (subject to hydrolysis) is 1. The largest absolute Gasteiger partial charge is 0.481 e. The van der Waals surface area contributed by atoms with Crippen LogP contribution in [0.25, 0.3) is 11.1 Å². The highest BCUT2D eigenvalue weighted by Gasteiger charge is 2.53. The lowest BCUT2D eigenvalue weighted by molar-refractivity contribution is -0.137. The monoisotopic (exact) mass is 462 g/mol. The van der Waals surface area contributed by atoms with Gasteiger partial charge in [-0.2, -0.15) is 0 Å². The molecule has 0 aliphatic heterocycles. The molecule has 2 saturated carbocycles. The number of carboxylic acids is 1. The number of benzene rings is 2. The van der Waals surface area contributed by atoms with Gasteiger partial charge in [-0.25, -0.2) is 4.79 Å². The average Bonchev–Trinajstić information content (AvgIpc) is 3.76. The number of ether oxygens (including phenoxy) is 1. The molecule has 0 aromatic heterocycles. The van der Waals surface area contributed by atoms with Gasteiger partial charge in [-0.05, 0) is 65.7 Å². The summed E-state index contributed by atoms with van der Waals surface area (Å²) in [5.74, 6) is -0.747. The predicted octanol–water partition coefficient (Wildman–Crippen LogP) is 4.06. The molecular weight excluding hydrogens is 432 g/mol. The second-order valence-corrected chi connectivity index (χ2v) is 9.81. The molecule has 1 unspecified atom stereocenters. The fraction of sp³-hybridized carbons (Fsp3) is 0.444. The van der Waals surface area contributed by atoms with Crippen molar-refractivity contribution in [3.05, 3.63) is 59.7 Å². The molecule has 2 aromatic carbocycles. The van der Waals surface area contributed by atoms with Gasteiger partial charge in [-0.1, -0.05) is 48.5 Å². The van der Waals surface area contributed by atoms with Gasteiger partial charge in [0.05, 0.1) is 0 Å². The molecular formula is C27H30N2O5. The predicted molar refractivity (Wildman–Crippen MR) is 126 cm³/mol. The molecule has 34 heavy (non-hydrogen) atoms. The molecule has 0 spiro atoms. The molecule has 0 bridgehead atoms. The Morgan fingerprint density at radius 3 is 2.18 bits per heavy atom. The quantitative estimate of drug-likeness (QED) is 0.494. The minimum absolute atomic E-state index is 0.0157. The maximum absolute atomic E-state index is 12.8. The van der Waals surface area contributed by atoms with Gasteiger partial charge in [-0.15, -0.1) is 0 Å². The van der Waals surface area contributed by atoms with Gasteiger partial charge in [0.1, 0.15) is 12.6 Å². The van der Waals surface area contributed by atoms with E-state index in [0.29, 0.717) is 12.5 Å². The zero-order valence-corrected chi connectivity index (χ0v) is 19.1. The Balaban J connectivity index is 1.20. The van der Waals surface area contributed by atoms with Gasteiger partial charge in [0.15, 0.2) is 0 Å². The summed E-state index contributed by atoms with van der Waals surface area (Å²) in [6.45, 7) is 0.727. The minimum atomic E-state index is -1.01. The normalized spacial score (nSPS) is 18.4. The lowest BCUT2D eigenvalue weighted by atomic mass is 9.98. The molecule has 7 nitrogen and oxygen atoms in total. The molecule has 3 aliphatic carbocycles. The van der Waals surface area contributed by atoms with Crippen molar-refractivity contribution in [2.75, 3.05) is 13.2 Å². The second kappa shape index (κ2) is 9.12. The summed E-state index contributed by atoms with van der Waals surface area (Å²) in [6, 6.07) is 15.2. The van der Waals surface area contributed by atoms with E-state index in [1.165, 1.54) is 12.8 Å². The molecule has 7 heteroatoms. The number of aliphatic carboxylic acids is 1. The van der Waals surface area contributed by atoms with E-state index in [1.54, 1.807) is 0 Å². The Labute approximate surface area is 198 Å². The lowest BCUT2D eigenvalue weighted by Crippen LogP contribution is -2.48. The minimum Gasteiger partial charge on any atom is -0.481 e. The number of hydrogen-bond donors (Lipinski definition) is 3. The van der Waals surface area contributed by atoms with Crippen molar-refractivity contribution in [2.45, 2.75) is 50.5 Å². The number of nitrogens with one attached hydrogen (secondary N) is 2. The maximum atomic E-state index is 12.8. The molecule has 2 amide bonds. The van der Waals surface area contributed by atoms with Crippen molar-refractivity contribution < 1.29 is 24.2 Å². The second-order valence-electron chi connectivity index (χ2n) is 9.81. The van der Waals surface area contributed by atoms with E-state index in [0.717, 1.165) is 35.1 Å². The van der Waals surface area contributed by atoms with Crippen molar-refractivity contribution >= 4 is 18.0 Å². The molecule has 3 N–H and O–H groups in total. The molecule has 178 valence electrons. The fourth-order valence-electron chi connectivity index (χ4n) is 5.29. The summed E-state index contributed by atoms with van der Waals surface area (Å²) >= 11 is 0. The zero-order chi connectivity index (χ0) is 23.7. The van der Waals surface area contributed by atoms with Gasteiger partial charge in [0.2, 0.25) is 5.91 Å². The molecule has 1 atom stereocenters. The number of carboxylic acid groups (broad SMARTS) is 1. The summed E-state index contributed by atoms with van der Waals surface area (Å²) in [7, 11) is 0. The molecule has 5 rings (SSSR count). The summed E-state index contributed by atoms with van der Waals surface area (Å²) in [6.07, 6.45) is 3.77. The van der Waals surface area contributed by atoms with Crippen LogP contribution in [0.2, 0.25) is 0 Å². The highest BCUT2D eigenvalue weighted by molar-refractivity contribution is 5.86. The van der Waals surface area contributed by atoms with E-state index in [4.69, 9.17) is 9.84 Å². The van der Waals surface area contributed by atoms with E-state index in [9.17, 15) is 14.4 Å². The van der Waals surface area contributed by atoms with E-state index < -0.39 is 18.1 Å². The first-order valence-corrected chi connectivity index (χ1v) is 12.1. The van der Waals surface area contributed by atoms with Crippen molar-refractivity contribution in [1.29, 1.82) is 0 Å². The summed E-state index contributed by atoms with van der Waals surface area (Å²) in [5, 5.41) is 14.7. The van der Waals surface area contributed by atoms with Crippen molar-refractivity contribution in [3.8, 4) is 11.1 Å².